The molecular weight excluding hydrogens is 236 g/mol. The minimum atomic E-state index is -1.01. The van der Waals surface area contributed by atoms with Crippen molar-refractivity contribution in [3.05, 3.63) is 33.9 Å². The topological polar surface area (TPSA) is 83.7 Å². The summed E-state index contributed by atoms with van der Waals surface area (Å²) in [6.07, 6.45) is 5.17. The third-order valence-electron chi connectivity index (χ3n) is 2.35. The number of nitro benzene ring substituents is 1. The van der Waals surface area contributed by atoms with E-state index >= 15 is 0 Å². The third kappa shape index (κ3) is 3.22. The number of benzene rings is 1. The Morgan fingerprint density at radius 2 is 2.28 bits per heavy atom. The molecule has 0 heterocycles. The van der Waals surface area contributed by atoms with Crippen LogP contribution in [0.5, 0.6) is 0 Å². The number of rotatable bonds is 5. The smallest absolute Gasteiger partial charge is 0.323 e. The molecule has 1 N–H and O–H groups in total. The molecule has 0 spiro atoms. The van der Waals surface area contributed by atoms with Gasteiger partial charge in [-0.2, -0.15) is 0 Å². The maximum absolute atomic E-state index is 10.7. The molecule has 1 rings (SSSR count). The number of aliphatic carboxylic acids is 1. The minimum absolute atomic E-state index is 0.00488. The van der Waals surface area contributed by atoms with Gasteiger partial charge in [-0.05, 0) is 19.1 Å². The Labute approximate surface area is 104 Å². The lowest BCUT2D eigenvalue weighted by Crippen LogP contribution is -2.30. The molecule has 0 saturated heterocycles. The number of terminal acetylenes is 1. The highest BCUT2D eigenvalue weighted by atomic mass is 16.6. The van der Waals surface area contributed by atoms with Crippen molar-refractivity contribution in [2.45, 2.75) is 6.92 Å². The maximum Gasteiger partial charge on any atom is 0.323 e. The zero-order valence-electron chi connectivity index (χ0n) is 9.79. The second-order valence-corrected chi connectivity index (χ2v) is 3.68. The molecule has 0 radical (unpaired) electrons. The van der Waals surface area contributed by atoms with Crippen LogP contribution in [-0.2, 0) is 4.79 Å². The Balaban J connectivity index is 3.07. The van der Waals surface area contributed by atoms with Crippen molar-refractivity contribution in [2.75, 3.05) is 18.0 Å². The molecule has 0 fully saturated rings. The van der Waals surface area contributed by atoms with Crippen molar-refractivity contribution in [3.8, 4) is 12.3 Å². The van der Waals surface area contributed by atoms with Crippen molar-refractivity contribution in [1.82, 2.24) is 0 Å². The molecule has 0 saturated carbocycles. The Kier molecular flexibility index (Phi) is 4.27. The summed E-state index contributed by atoms with van der Waals surface area (Å²) in [5.74, 6) is 1.34. The molecule has 0 atom stereocenters. The van der Waals surface area contributed by atoms with Crippen LogP contribution in [0.2, 0.25) is 0 Å². The molecule has 0 aromatic heterocycles. The highest BCUT2D eigenvalue weighted by Crippen LogP contribution is 2.23. The number of aryl methyl sites for hydroxylation is 1. The van der Waals surface area contributed by atoms with Crippen LogP contribution in [0, 0.1) is 29.4 Å². The van der Waals surface area contributed by atoms with E-state index in [1.165, 1.54) is 17.0 Å². The molecule has 1 aromatic carbocycles. The van der Waals surface area contributed by atoms with Crippen LogP contribution in [0.25, 0.3) is 0 Å². The summed E-state index contributed by atoms with van der Waals surface area (Å²) in [6.45, 7) is 1.47. The standard InChI is InChI=1S/C12H12N2O4/c1-3-6-13(8-12(15)16)10-4-5-11(14(17)18)9(2)7-10/h1,4-5,7H,6,8H2,2H3,(H,15,16). The number of hydrogen-bond donors (Lipinski definition) is 1. The molecule has 0 aliphatic rings. The van der Waals surface area contributed by atoms with Crippen molar-refractivity contribution in [3.63, 3.8) is 0 Å². The highest BCUT2D eigenvalue weighted by molar-refractivity contribution is 5.74. The molecule has 0 aliphatic carbocycles. The van der Waals surface area contributed by atoms with Gasteiger partial charge in [-0.15, -0.1) is 6.42 Å². The lowest BCUT2D eigenvalue weighted by Gasteiger charge is -2.20. The van der Waals surface area contributed by atoms with Gasteiger partial charge in [0.1, 0.15) is 6.54 Å². The molecule has 94 valence electrons. The van der Waals surface area contributed by atoms with Gasteiger partial charge >= 0.3 is 5.97 Å². The quantitative estimate of drug-likeness (QED) is 0.484. The van der Waals surface area contributed by atoms with E-state index in [9.17, 15) is 14.9 Å². The zero-order valence-corrected chi connectivity index (χ0v) is 9.79. The molecule has 18 heavy (non-hydrogen) atoms. The van der Waals surface area contributed by atoms with E-state index in [0.717, 1.165) is 0 Å². The Morgan fingerprint density at radius 1 is 1.61 bits per heavy atom. The summed E-state index contributed by atoms with van der Waals surface area (Å²) in [5, 5.41) is 19.4. The zero-order chi connectivity index (χ0) is 13.7. The summed E-state index contributed by atoms with van der Waals surface area (Å²) < 4.78 is 0. The fraction of sp³-hybridized carbons (Fsp3) is 0.250. The molecule has 6 heteroatoms. The highest BCUT2D eigenvalue weighted by Gasteiger charge is 2.14. The lowest BCUT2D eigenvalue weighted by atomic mass is 10.1. The van der Waals surface area contributed by atoms with Crippen LogP contribution in [0.4, 0.5) is 11.4 Å². The average Bonchev–Trinajstić information content (AvgIpc) is 2.27. The van der Waals surface area contributed by atoms with Crippen LogP contribution < -0.4 is 4.90 Å². The van der Waals surface area contributed by atoms with Crippen LogP contribution in [0.1, 0.15) is 5.56 Å². The van der Waals surface area contributed by atoms with E-state index in [1.54, 1.807) is 13.0 Å². The van der Waals surface area contributed by atoms with Gasteiger partial charge in [0.15, 0.2) is 0 Å². The van der Waals surface area contributed by atoms with Crippen LogP contribution >= 0.6 is 0 Å². The van der Waals surface area contributed by atoms with E-state index in [2.05, 4.69) is 5.92 Å². The molecule has 1 aromatic rings. The van der Waals surface area contributed by atoms with Crippen LogP contribution in [0.15, 0.2) is 18.2 Å². The summed E-state index contributed by atoms with van der Waals surface area (Å²) in [7, 11) is 0. The molecular formula is C12H12N2O4. The molecule has 0 unspecified atom stereocenters. The molecule has 0 bridgehead atoms. The van der Waals surface area contributed by atoms with Crippen molar-refractivity contribution < 1.29 is 14.8 Å². The van der Waals surface area contributed by atoms with Gasteiger partial charge in [-0.3, -0.25) is 14.9 Å². The number of carboxylic acids is 1. The number of nitrogens with zero attached hydrogens (tertiary/aromatic N) is 2. The molecule has 0 aliphatic heterocycles. The second kappa shape index (κ2) is 5.68. The summed E-state index contributed by atoms with van der Waals surface area (Å²) in [6, 6.07) is 4.39. The Morgan fingerprint density at radius 3 is 2.72 bits per heavy atom. The summed E-state index contributed by atoms with van der Waals surface area (Å²) in [4.78, 5) is 22.3. The molecule has 6 nitrogen and oxygen atoms in total. The van der Waals surface area contributed by atoms with Crippen LogP contribution in [0.3, 0.4) is 0 Å². The summed E-state index contributed by atoms with van der Waals surface area (Å²) >= 11 is 0. The van der Waals surface area contributed by atoms with Gasteiger partial charge in [0.05, 0.1) is 11.5 Å². The van der Waals surface area contributed by atoms with E-state index < -0.39 is 10.9 Å². The van der Waals surface area contributed by atoms with E-state index in [1.807, 2.05) is 0 Å². The SMILES string of the molecule is C#CCN(CC(=O)O)c1ccc([N+](=O)[O-])c(C)c1. The minimum Gasteiger partial charge on any atom is -0.480 e. The van der Waals surface area contributed by atoms with Crippen molar-refractivity contribution in [2.24, 2.45) is 0 Å². The maximum atomic E-state index is 10.7. The number of anilines is 1. The van der Waals surface area contributed by atoms with Crippen molar-refractivity contribution in [1.29, 1.82) is 0 Å². The predicted molar refractivity (Wildman–Crippen MR) is 66.5 cm³/mol. The van der Waals surface area contributed by atoms with E-state index in [4.69, 9.17) is 11.5 Å². The fourth-order valence-electron chi connectivity index (χ4n) is 1.55. The van der Waals surface area contributed by atoms with Gasteiger partial charge in [-0.25, -0.2) is 0 Å². The first-order valence-electron chi connectivity index (χ1n) is 5.11. The lowest BCUT2D eigenvalue weighted by molar-refractivity contribution is -0.385. The Bertz CT molecular complexity index is 519. The third-order valence-corrected chi connectivity index (χ3v) is 2.35. The largest absolute Gasteiger partial charge is 0.480 e. The van der Waals surface area contributed by atoms with Gasteiger partial charge in [0.2, 0.25) is 0 Å². The summed E-state index contributed by atoms with van der Waals surface area (Å²) in [5.41, 5.74) is 1.01. The average molecular weight is 248 g/mol. The van der Waals surface area contributed by atoms with E-state index in [-0.39, 0.29) is 18.8 Å². The van der Waals surface area contributed by atoms with Gasteiger partial charge in [-0.1, -0.05) is 5.92 Å². The van der Waals surface area contributed by atoms with Gasteiger partial charge in [0.25, 0.3) is 5.69 Å². The fourth-order valence-corrected chi connectivity index (χ4v) is 1.55. The number of carbonyl (C=O) groups is 1. The normalized spacial score (nSPS) is 9.56. The predicted octanol–water partition coefficient (Wildman–Crippen LogP) is 1.43. The van der Waals surface area contributed by atoms with Crippen LogP contribution in [-0.4, -0.2) is 29.1 Å². The van der Waals surface area contributed by atoms with Gasteiger partial charge in [0, 0.05) is 17.3 Å². The monoisotopic (exact) mass is 248 g/mol. The first-order chi connectivity index (χ1) is 8.45. The second-order valence-electron chi connectivity index (χ2n) is 3.68. The number of nitro groups is 1. The molecule has 0 amide bonds. The van der Waals surface area contributed by atoms with Crippen molar-refractivity contribution >= 4 is 17.3 Å². The Hall–Kier alpha value is -2.55. The first kappa shape index (κ1) is 13.5. The number of hydrogen-bond acceptors (Lipinski definition) is 4. The first-order valence-corrected chi connectivity index (χ1v) is 5.11. The van der Waals surface area contributed by atoms with Gasteiger partial charge < -0.3 is 10.0 Å². The van der Waals surface area contributed by atoms with E-state index in [0.29, 0.717) is 11.3 Å². The number of carboxylic acid groups (broad SMARTS) is 1.